The highest BCUT2D eigenvalue weighted by atomic mass is 16.4. The number of nitrogens with zero attached hydrogens (tertiary/aromatic N) is 1. The first kappa shape index (κ1) is 13.2. The van der Waals surface area contributed by atoms with Crippen LogP contribution in [0.5, 0.6) is 0 Å². The van der Waals surface area contributed by atoms with Crippen molar-refractivity contribution < 1.29 is 19.1 Å². The van der Waals surface area contributed by atoms with Gasteiger partial charge in [0.25, 0.3) is 5.91 Å². The SMILES string of the molecule is O=C(O)c1ccc(C(=O)N2CCCC2C2CCCC2)o1. The van der Waals surface area contributed by atoms with Crippen molar-refractivity contribution in [3.05, 3.63) is 23.7 Å². The van der Waals surface area contributed by atoms with Crippen molar-refractivity contribution in [3.8, 4) is 0 Å². The number of hydrogen-bond donors (Lipinski definition) is 1. The largest absolute Gasteiger partial charge is 0.475 e. The van der Waals surface area contributed by atoms with Gasteiger partial charge in [0.15, 0.2) is 5.76 Å². The molecule has 1 aromatic rings. The highest BCUT2D eigenvalue weighted by Crippen LogP contribution is 2.36. The summed E-state index contributed by atoms with van der Waals surface area (Å²) < 4.78 is 5.14. The fourth-order valence-corrected chi connectivity index (χ4v) is 3.59. The van der Waals surface area contributed by atoms with Crippen molar-refractivity contribution in [2.24, 2.45) is 5.92 Å². The Morgan fingerprint density at radius 2 is 1.80 bits per heavy atom. The molecule has 2 heterocycles. The second-order valence-electron chi connectivity index (χ2n) is 5.72. The van der Waals surface area contributed by atoms with Crippen LogP contribution in [0.1, 0.15) is 59.6 Å². The van der Waals surface area contributed by atoms with E-state index in [-0.39, 0.29) is 17.4 Å². The Kier molecular flexibility index (Phi) is 3.51. The number of hydrogen-bond acceptors (Lipinski definition) is 3. The number of carboxylic acid groups (broad SMARTS) is 1. The summed E-state index contributed by atoms with van der Waals surface area (Å²) in [5.41, 5.74) is 0. The van der Waals surface area contributed by atoms with Gasteiger partial charge in [-0.05, 0) is 43.7 Å². The van der Waals surface area contributed by atoms with Gasteiger partial charge in [0.2, 0.25) is 5.76 Å². The molecule has 1 aromatic heterocycles. The molecule has 20 heavy (non-hydrogen) atoms. The first-order chi connectivity index (χ1) is 9.66. The molecule has 5 heteroatoms. The Labute approximate surface area is 117 Å². The Morgan fingerprint density at radius 3 is 2.45 bits per heavy atom. The average Bonchev–Trinajstić information content (AvgIpc) is 3.17. The molecular weight excluding hydrogens is 258 g/mol. The zero-order valence-corrected chi connectivity index (χ0v) is 11.4. The zero-order chi connectivity index (χ0) is 14.1. The fraction of sp³-hybridized carbons (Fsp3) is 0.600. The van der Waals surface area contributed by atoms with Gasteiger partial charge in [0, 0.05) is 12.6 Å². The van der Waals surface area contributed by atoms with E-state index in [1.807, 2.05) is 4.90 Å². The summed E-state index contributed by atoms with van der Waals surface area (Å²) in [6.07, 6.45) is 7.00. The van der Waals surface area contributed by atoms with Crippen LogP contribution in [0.25, 0.3) is 0 Å². The second-order valence-corrected chi connectivity index (χ2v) is 5.72. The van der Waals surface area contributed by atoms with Gasteiger partial charge >= 0.3 is 5.97 Å². The van der Waals surface area contributed by atoms with E-state index in [0.29, 0.717) is 12.0 Å². The van der Waals surface area contributed by atoms with E-state index < -0.39 is 5.97 Å². The van der Waals surface area contributed by atoms with Crippen LogP contribution >= 0.6 is 0 Å². The fourth-order valence-electron chi connectivity index (χ4n) is 3.59. The van der Waals surface area contributed by atoms with Gasteiger partial charge in [-0.1, -0.05) is 12.8 Å². The minimum Gasteiger partial charge on any atom is -0.475 e. The van der Waals surface area contributed by atoms with E-state index >= 15 is 0 Å². The summed E-state index contributed by atoms with van der Waals surface area (Å²) >= 11 is 0. The third kappa shape index (κ3) is 2.32. The Balaban J connectivity index is 1.76. The quantitative estimate of drug-likeness (QED) is 0.922. The van der Waals surface area contributed by atoms with Gasteiger partial charge in [-0.25, -0.2) is 4.79 Å². The number of rotatable bonds is 3. The van der Waals surface area contributed by atoms with Gasteiger partial charge in [-0.15, -0.1) is 0 Å². The molecule has 1 unspecified atom stereocenters. The van der Waals surface area contributed by atoms with Crippen molar-refractivity contribution in [1.29, 1.82) is 0 Å². The van der Waals surface area contributed by atoms with Crippen molar-refractivity contribution in [2.75, 3.05) is 6.54 Å². The van der Waals surface area contributed by atoms with Crippen LogP contribution in [-0.2, 0) is 0 Å². The number of carboxylic acids is 1. The molecule has 3 rings (SSSR count). The average molecular weight is 277 g/mol. The van der Waals surface area contributed by atoms with E-state index in [0.717, 1.165) is 19.4 Å². The van der Waals surface area contributed by atoms with Crippen molar-refractivity contribution >= 4 is 11.9 Å². The molecule has 0 radical (unpaired) electrons. The van der Waals surface area contributed by atoms with Crippen molar-refractivity contribution in [1.82, 2.24) is 4.90 Å². The van der Waals surface area contributed by atoms with Crippen molar-refractivity contribution in [3.63, 3.8) is 0 Å². The third-order valence-electron chi connectivity index (χ3n) is 4.53. The van der Waals surface area contributed by atoms with E-state index in [9.17, 15) is 9.59 Å². The Morgan fingerprint density at radius 1 is 1.10 bits per heavy atom. The summed E-state index contributed by atoms with van der Waals surface area (Å²) in [6.45, 7) is 0.753. The molecule has 1 saturated heterocycles. The minimum absolute atomic E-state index is 0.146. The van der Waals surface area contributed by atoms with Gasteiger partial charge in [0.1, 0.15) is 0 Å². The molecule has 108 valence electrons. The smallest absolute Gasteiger partial charge is 0.371 e. The maximum Gasteiger partial charge on any atom is 0.371 e. The van der Waals surface area contributed by atoms with Gasteiger partial charge in [-0.3, -0.25) is 4.79 Å². The topological polar surface area (TPSA) is 70.8 Å². The molecule has 0 bridgehead atoms. The standard InChI is InChI=1S/C15H19NO4/c17-14(12-7-8-13(20-12)15(18)19)16-9-3-6-11(16)10-4-1-2-5-10/h7-8,10-11H,1-6,9H2,(H,18,19). The molecule has 2 fully saturated rings. The molecule has 1 aliphatic heterocycles. The molecule has 0 aromatic carbocycles. The number of carbonyl (C=O) groups is 2. The van der Waals surface area contributed by atoms with E-state index in [4.69, 9.17) is 9.52 Å². The lowest BCUT2D eigenvalue weighted by atomic mass is 9.96. The first-order valence-electron chi connectivity index (χ1n) is 7.31. The van der Waals surface area contributed by atoms with Crippen LogP contribution in [0.3, 0.4) is 0 Å². The summed E-state index contributed by atoms with van der Waals surface area (Å²) in [5.74, 6) is -0.725. The van der Waals surface area contributed by atoms with Crippen LogP contribution in [-0.4, -0.2) is 34.5 Å². The van der Waals surface area contributed by atoms with Gasteiger partial charge < -0.3 is 14.4 Å². The summed E-state index contributed by atoms with van der Waals surface area (Å²) in [5, 5.41) is 8.85. The molecule has 2 aliphatic rings. The molecule has 5 nitrogen and oxygen atoms in total. The lowest BCUT2D eigenvalue weighted by molar-refractivity contribution is 0.0628. The van der Waals surface area contributed by atoms with E-state index in [1.165, 1.54) is 37.8 Å². The highest BCUT2D eigenvalue weighted by Gasteiger charge is 2.37. The zero-order valence-electron chi connectivity index (χ0n) is 11.4. The summed E-state index contributed by atoms with van der Waals surface area (Å²) in [7, 11) is 0. The molecule has 0 spiro atoms. The first-order valence-corrected chi connectivity index (χ1v) is 7.31. The van der Waals surface area contributed by atoms with Gasteiger partial charge in [-0.2, -0.15) is 0 Å². The number of likely N-dealkylation sites (tertiary alicyclic amines) is 1. The van der Waals surface area contributed by atoms with Crippen LogP contribution in [0.4, 0.5) is 0 Å². The molecule has 1 amide bonds. The second kappa shape index (κ2) is 5.31. The number of carbonyl (C=O) groups excluding carboxylic acids is 1. The molecule has 1 aliphatic carbocycles. The molecule has 1 atom stereocenters. The summed E-state index contributed by atoms with van der Waals surface area (Å²) in [6, 6.07) is 3.12. The normalized spacial score (nSPS) is 23.4. The number of aromatic carboxylic acids is 1. The van der Waals surface area contributed by atoms with Crippen LogP contribution in [0.15, 0.2) is 16.5 Å². The van der Waals surface area contributed by atoms with E-state index in [1.54, 1.807) is 0 Å². The number of amides is 1. The lowest BCUT2D eigenvalue weighted by Gasteiger charge is -2.28. The molecule has 1 N–H and O–H groups in total. The van der Waals surface area contributed by atoms with E-state index in [2.05, 4.69) is 0 Å². The van der Waals surface area contributed by atoms with Gasteiger partial charge in [0.05, 0.1) is 0 Å². The predicted octanol–water partition coefficient (Wildman–Crippen LogP) is 2.77. The lowest BCUT2D eigenvalue weighted by Crippen LogP contribution is -2.39. The minimum atomic E-state index is -1.14. The molecular formula is C15H19NO4. The number of furan rings is 1. The molecule has 1 saturated carbocycles. The van der Waals surface area contributed by atoms with Crippen molar-refractivity contribution in [2.45, 2.75) is 44.6 Å². The Hall–Kier alpha value is -1.78. The Bertz CT molecular complexity index is 516. The maximum atomic E-state index is 12.5. The van der Waals surface area contributed by atoms with Crippen LogP contribution < -0.4 is 0 Å². The van der Waals surface area contributed by atoms with Crippen LogP contribution in [0, 0.1) is 5.92 Å². The highest BCUT2D eigenvalue weighted by molar-refractivity contribution is 5.93. The van der Waals surface area contributed by atoms with Crippen LogP contribution in [0.2, 0.25) is 0 Å². The maximum absolute atomic E-state index is 12.5. The monoisotopic (exact) mass is 277 g/mol. The summed E-state index contributed by atoms with van der Waals surface area (Å²) in [4.78, 5) is 25.2. The third-order valence-corrected chi connectivity index (χ3v) is 4.53. The predicted molar refractivity (Wildman–Crippen MR) is 71.7 cm³/mol.